The van der Waals surface area contributed by atoms with E-state index < -0.39 is 10.5 Å². The van der Waals surface area contributed by atoms with Crippen LogP contribution < -0.4 is 4.74 Å². The van der Waals surface area contributed by atoms with Crippen LogP contribution in [0, 0.1) is 17.0 Å². The molecule has 0 spiro atoms. The first-order valence-electron chi connectivity index (χ1n) is 8.92. The van der Waals surface area contributed by atoms with E-state index in [1.165, 1.54) is 6.07 Å². The number of amides is 1. The Bertz CT molecular complexity index is 862. The zero-order valence-corrected chi connectivity index (χ0v) is 15.9. The molecule has 0 aliphatic carbocycles. The van der Waals surface area contributed by atoms with Crippen molar-refractivity contribution >= 4 is 22.8 Å². The van der Waals surface area contributed by atoms with Crippen LogP contribution in [0.5, 0.6) is 5.75 Å². The fourth-order valence-electron chi connectivity index (χ4n) is 3.05. The van der Waals surface area contributed by atoms with E-state index in [0.29, 0.717) is 42.8 Å². The molecule has 1 aromatic carbocycles. The first-order chi connectivity index (χ1) is 12.6. The van der Waals surface area contributed by atoms with Crippen molar-refractivity contribution in [3.63, 3.8) is 0 Å². The number of rotatable bonds is 3. The summed E-state index contributed by atoms with van der Waals surface area (Å²) in [6, 6.07) is 3.04. The van der Waals surface area contributed by atoms with Crippen LogP contribution >= 0.6 is 0 Å². The van der Waals surface area contributed by atoms with Gasteiger partial charge in [-0.3, -0.25) is 10.1 Å². The SMILES string of the molecule is Cc1nc2cc(OC3CCN(C(=O)OC(C)(C)C)CC3)c([N+](=O)[O-])cc2[nH]1. The first kappa shape index (κ1) is 18.9. The highest BCUT2D eigenvalue weighted by molar-refractivity contribution is 5.81. The molecule has 27 heavy (non-hydrogen) atoms. The van der Waals surface area contributed by atoms with Crippen LogP contribution in [0.15, 0.2) is 12.1 Å². The highest BCUT2D eigenvalue weighted by Gasteiger charge is 2.29. The molecule has 3 rings (SSSR count). The van der Waals surface area contributed by atoms with E-state index in [1.54, 1.807) is 17.9 Å². The fraction of sp³-hybridized carbons (Fsp3) is 0.556. The number of nitrogens with zero attached hydrogens (tertiary/aromatic N) is 3. The number of piperidine rings is 1. The molecule has 2 aromatic rings. The molecule has 1 aromatic heterocycles. The molecule has 0 unspecified atom stereocenters. The number of nitrogens with one attached hydrogen (secondary N) is 1. The summed E-state index contributed by atoms with van der Waals surface area (Å²) in [4.78, 5) is 32.0. The Morgan fingerprint density at radius 2 is 2.00 bits per heavy atom. The number of nitro groups is 1. The van der Waals surface area contributed by atoms with Crippen LogP contribution in [-0.2, 0) is 4.74 Å². The van der Waals surface area contributed by atoms with Gasteiger partial charge in [-0.15, -0.1) is 0 Å². The van der Waals surface area contributed by atoms with Crippen LogP contribution in [0.2, 0.25) is 0 Å². The van der Waals surface area contributed by atoms with E-state index in [1.807, 2.05) is 20.8 Å². The number of ether oxygens (including phenoxy) is 2. The molecule has 0 atom stereocenters. The maximum Gasteiger partial charge on any atom is 0.410 e. The topological polar surface area (TPSA) is 111 Å². The van der Waals surface area contributed by atoms with E-state index in [4.69, 9.17) is 9.47 Å². The lowest BCUT2D eigenvalue weighted by Crippen LogP contribution is -2.44. The van der Waals surface area contributed by atoms with Gasteiger partial charge in [0.2, 0.25) is 0 Å². The summed E-state index contributed by atoms with van der Waals surface area (Å²) in [5.74, 6) is 0.886. The summed E-state index contributed by atoms with van der Waals surface area (Å²) < 4.78 is 11.3. The lowest BCUT2D eigenvalue weighted by Gasteiger charge is -2.33. The van der Waals surface area contributed by atoms with E-state index in [0.717, 1.165) is 0 Å². The Morgan fingerprint density at radius 3 is 2.59 bits per heavy atom. The third kappa shape index (κ3) is 4.47. The molecule has 1 amide bonds. The molecule has 9 heteroatoms. The van der Waals surface area contributed by atoms with Gasteiger partial charge >= 0.3 is 11.8 Å². The molecule has 2 heterocycles. The Kier molecular flexibility index (Phi) is 4.95. The van der Waals surface area contributed by atoms with Crippen LogP contribution in [0.25, 0.3) is 11.0 Å². The maximum absolute atomic E-state index is 12.1. The highest BCUT2D eigenvalue weighted by atomic mass is 16.6. The Hall–Kier alpha value is -2.84. The second-order valence-corrected chi connectivity index (χ2v) is 7.70. The molecule has 0 radical (unpaired) electrons. The van der Waals surface area contributed by atoms with Gasteiger partial charge in [0.15, 0.2) is 5.75 Å². The fourth-order valence-corrected chi connectivity index (χ4v) is 3.05. The van der Waals surface area contributed by atoms with Crippen molar-refractivity contribution in [1.29, 1.82) is 0 Å². The van der Waals surface area contributed by atoms with Gasteiger partial charge in [-0.05, 0) is 27.7 Å². The molecule has 146 valence electrons. The number of H-pyrrole nitrogens is 1. The van der Waals surface area contributed by atoms with Crippen molar-refractivity contribution in [2.45, 2.75) is 52.2 Å². The monoisotopic (exact) mass is 376 g/mol. The van der Waals surface area contributed by atoms with Gasteiger partial charge in [0.05, 0.1) is 16.0 Å². The Balaban J connectivity index is 1.69. The molecular weight excluding hydrogens is 352 g/mol. The lowest BCUT2D eigenvalue weighted by atomic mass is 10.1. The molecule has 1 aliphatic heterocycles. The molecule has 1 saturated heterocycles. The number of hydrogen-bond acceptors (Lipinski definition) is 6. The Labute approximate surface area is 156 Å². The second-order valence-electron chi connectivity index (χ2n) is 7.70. The van der Waals surface area contributed by atoms with Gasteiger partial charge in [-0.1, -0.05) is 0 Å². The van der Waals surface area contributed by atoms with Gasteiger partial charge < -0.3 is 19.4 Å². The van der Waals surface area contributed by atoms with Crippen LogP contribution in [0.3, 0.4) is 0 Å². The van der Waals surface area contributed by atoms with E-state index >= 15 is 0 Å². The summed E-state index contributed by atoms with van der Waals surface area (Å²) in [5.41, 5.74) is 0.591. The van der Waals surface area contributed by atoms with Crippen molar-refractivity contribution in [2.24, 2.45) is 0 Å². The van der Waals surface area contributed by atoms with Gasteiger partial charge in [0, 0.05) is 38.1 Å². The van der Waals surface area contributed by atoms with Gasteiger partial charge in [0.25, 0.3) is 0 Å². The number of hydrogen-bond donors (Lipinski definition) is 1. The minimum Gasteiger partial charge on any atom is -0.483 e. The molecule has 1 fully saturated rings. The van der Waals surface area contributed by atoms with Crippen molar-refractivity contribution in [2.75, 3.05) is 13.1 Å². The molecule has 1 aliphatic rings. The van der Waals surface area contributed by atoms with Crippen LogP contribution in [0.1, 0.15) is 39.4 Å². The number of nitro benzene ring substituents is 1. The average molecular weight is 376 g/mol. The number of imidazole rings is 1. The minimum absolute atomic E-state index is 0.0966. The van der Waals surface area contributed by atoms with Crippen molar-refractivity contribution in [1.82, 2.24) is 14.9 Å². The summed E-state index contributed by atoms with van der Waals surface area (Å²) in [6.45, 7) is 8.24. The van der Waals surface area contributed by atoms with Gasteiger partial charge in [-0.2, -0.15) is 0 Å². The zero-order chi connectivity index (χ0) is 19.8. The third-order valence-electron chi connectivity index (χ3n) is 4.27. The predicted molar refractivity (Wildman–Crippen MR) is 98.9 cm³/mol. The van der Waals surface area contributed by atoms with Crippen LogP contribution in [-0.4, -0.2) is 50.7 Å². The van der Waals surface area contributed by atoms with E-state index in [2.05, 4.69) is 9.97 Å². The second kappa shape index (κ2) is 7.05. The summed E-state index contributed by atoms with van der Waals surface area (Å²) in [6.07, 6.45) is 0.599. The Morgan fingerprint density at radius 1 is 1.33 bits per heavy atom. The van der Waals surface area contributed by atoms with E-state index in [-0.39, 0.29) is 23.6 Å². The van der Waals surface area contributed by atoms with Crippen molar-refractivity contribution in [3.8, 4) is 5.75 Å². The largest absolute Gasteiger partial charge is 0.483 e. The molecule has 1 N–H and O–H groups in total. The van der Waals surface area contributed by atoms with Crippen molar-refractivity contribution < 1.29 is 19.2 Å². The average Bonchev–Trinajstić information content (AvgIpc) is 2.92. The minimum atomic E-state index is -0.540. The van der Waals surface area contributed by atoms with E-state index in [9.17, 15) is 14.9 Å². The number of likely N-dealkylation sites (tertiary alicyclic amines) is 1. The quantitative estimate of drug-likeness (QED) is 0.648. The predicted octanol–water partition coefficient (Wildman–Crippen LogP) is 3.56. The van der Waals surface area contributed by atoms with Crippen LogP contribution in [0.4, 0.5) is 10.5 Å². The summed E-state index contributed by atoms with van der Waals surface area (Å²) in [7, 11) is 0. The molecule has 0 bridgehead atoms. The number of carbonyl (C=O) groups excluding carboxylic acids is 1. The number of aromatic nitrogens is 2. The lowest BCUT2D eigenvalue weighted by molar-refractivity contribution is -0.386. The molecule has 9 nitrogen and oxygen atoms in total. The number of carbonyl (C=O) groups is 1. The molecule has 0 saturated carbocycles. The number of fused-ring (bicyclic) bond motifs is 1. The standard InChI is InChI=1S/C18H24N4O5/c1-11-19-13-9-15(22(24)25)16(10-14(13)20-11)26-12-5-7-21(8-6-12)17(23)27-18(2,3)4/h9-10,12H,5-8H2,1-4H3,(H,19,20). The maximum atomic E-state index is 12.1. The highest BCUT2D eigenvalue weighted by Crippen LogP contribution is 2.33. The summed E-state index contributed by atoms with van der Waals surface area (Å²) >= 11 is 0. The number of aryl methyl sites for hydroxylation is 1. The molecular formula is C18H24N4O5. The summed E-state index contributed by atoms with van der Waals surface area (Å²) in [5, 5.41) is 11.4. The smallest absolute Gasteiger partial charge is 0.410 e. The van der Waals surface area contributed by atoms with Gasteiger partial charge in [0.1, 0.15) is 17.5 Å². The van der Waals surface area contributed by atoms with Crippen molar-refractivity contribution in [3.05, 3.63) is 28.1 Å². The zero-order valence-electron chi connectivity index (χ0n) is 15.9. The normalized spacial score (nSPS) is 15.8. The first-order valence-corrected chi connectivity index (χ1v) is 8.92. The number of aromatic amines is 1. The number of benzene rings is 1. The van der Waals surface area contributed by atoms with Gasteiger partial charge in [-0.25, -0.2) is 9.78 Å². The third-order valence-corrected chi connectivity index (χ3v) is 4.27.